The van der Waals surface area contributed by atoms with Crippen LogP contribution in [0.2, 0.25) is 0 Å². The highest BCUT2D eigenvalue weighted by Gasteiger charge is 2.24. The maximum Gasteiger partial charge on any atom is 0.255 e. The smallest absolute Gasteiger partial charge is 0.255 e. The fourth-order valence-electron chi connectivity index (χ4n) is 3.40. The van der Waals surface area contributed by atoms with Crippen molar-refractivity contribution in [2.75, 3.05) is 32.8 Å². The molecule has 1 unspecified atom stereocenters. The van der Waals surface area contributed by atoms with E-state index in [0.29, 0.717) is 31.2 Å². The summed E-state index contributed by atoms with van der Waals surface area (Å²) < 4.78 is 5.47. The maximum absolute atomic E-state index is 12.7. The van der Waals surface area contributed by atoms with Crippen LogP contribution in [0.1, 0.15) is 47.3 Å². The Morgan fingerprint density at radius 3 is 2.48 bits per heavy atom. The topological polar surface area (TPSA) is 61.8 Å². The number of phenols is 1. The first kappa shape index (κ1) is 19.4. The van der Waals surface area contributed by atoms with Crippen LogP contribution in [-0.2, 0) is 4.74 Å². The van der Waals surface area contributed by atoms with Crippen molar-refractivity contribution < 1.29 is 14.6 Å². The standard InChI is InChI=1S/C22H28N2O3/c1-16(2)18-8-9-21(25)19(14-18)22(26)23-15-20(17-6-4-3-5-7-17)24-10-12-27-13-11-24/h3-9,14,16,20,25H,10-13,15H2,1-2H3,(H,23,26). The average Bonchev–Trinajstić information content (AvgIpc) is 2.70. The SMILES string of the molecule is CC(C)c1ccc(O)c(C(=O)NCC(c2ccccc2)N2CCOCC2)c1. The summed E-state index contributed by atoms with van der Waals surface area (Å²) in [6.07, 6.45) is 0. The van der Waals surface area contributed by atoms with Gasteiger partial charge in [0, 0.05) is 19.6 Å². The third-order valence-electron chi connectivity index (χ3n) is 5.06. The largest absolute Gasteiger partial charge is 0.507 e. The molecule has 1 fully saturated rings. The molecule has 1 atom stereocenters. The van der Waals surface area contributed by atoms with Crippen LogP contribution in [0.15, 0.2) is 48.5 Å². The third kappa shape index (κ3) is 4.87. The Kier molecular flexibility index (Phi) is 6.48. The van der Waals surface area contributed by atoms with Crippen LogP contribution in [0.25, 0.3) is 0 Å². The van der Waals surface area contributed by atoms with Gasteiger partial charge in [-0.15, -0.1) is 0 Å². The van der Waals surface area contributed by atoms with E-state index < -0.39 is 0 Å². The van der Waals surface area contributed by atoms with Gasteiger partial charge in [-0.2, -0.15) is 0 Å². The summed E-state index contributed by atoms with van der Waals surface area (Å²) in [5, 5.41) is 13.2. The Balaban J connectivity index is 1.75. The zero-order valence-corrected chi connectivity index (χ0v) is 16.0. The normalized spacial score (nSPS) is 16.3. The van der Waals surface area contributed by atoms with Crippen molar-refractivity contribution in [2.24, 2.45) is 0 Å². The Morgan fingerprint density at radius 1 is 1.11 bits per heavy atom. The highest BCUT2D eigenvalue weighted by atomic mass is 16.5. The number of carbonyl (C=O) groups excluding carboxylic acids is 1. The molecule has 0 spiro atoms. The number of hydrogen-bond donors (Lipinski definition) is 2. The molecule has 1 amide bonds. The molecule has 0 saturated carbocycles. The van der Waals surface area contributed by atoms with Gasteiger partial charge < -0.3 is 15.2 Å². The van der Waals surface area contributed by atoms with Gasteiger partial charge in [-0.05, 0) is 29.2 Å². The predicted octanol–water partition coefficient (Wildman–Crippen LogP) is 3.32. The number of nitrogens with one attached hydrogen (secondary N) is 1. The Hall–Kier alpha value is -2.37. The van der Waals surface area contributed by atoms with Crippen molar-refractivity contribution in [1.29, 1.82) is 0 Å². The van der Waals surface area contributed by atoms with E-state index in [9.17, 15) is 9.90 Å². The lowest BCUT2D eigenvalue weighted by atomic mass is 9.99. The van der Waals surface area contributed by atoms with Crippen LogP contribution >= 0.6 is 0 Å². The zero-order valence-electron chi connectivity index (χ0n) is 16.0. The van der Waals surface area contributed by atoms with Crippen LogP contribution < -0.4 is 5.32 Å². The fraction of sp³-hybridized carbons (Fsp3) is 0.409. The molecule has 3 rings (SSSR count). The van der Waals surface area contributed by atoms with E-state index in [1.807, 2.05) is 24.3 Å². The fourth-order valence-corrected chi connectivity index (χ4v) is 3.40. The average molecular weight is 368 g/mol. The summed E-state index contributed by atoms with van der Waals surface area (Å²) >= 11 is 0. The van der Waals surface area contributed by atoms with Crippen LogP contribution in [0.3, 0.4) is 0 Å². The van der Waals surface area contributed by atoms with Crippen LogP contribution in [0, 0.1) is 0 Å². The van der Waals surface area contributed by atoms with E-state index in [1.54, 1.807) is 12.1 Å². The number of morpholine rings is 1. The lowest BCUT2D eigenvalue weighted by Gasteiger charge is -2.35. The molecule has 2 aromatic carbocycles. The Labute approximate surface area is 161 Å². The predicted molar refractivity (Wildman–Crippen MR) is 106 cm³/mol. The second-order valence-electron chi connectivity index (χ2n) is 7.22. The number of ether oxygens (including phenoxy) is 1. The molecule has 2 N–H and O–H groups in total. The van der Waals surface area contributed by atoms with E-state index in [2.05, 4.69) is 36.2 Å². The number of aromatic hydroxyl groups is 1. The van der Waals surface area contributed by atoms with Gasteiger partial charge in [-0.25, -0.2) is 0 Å². The summed E-state index contributed by atoms with van der Waals surface area (Å²) in [7, 11) is 0. The Bertz CT molecular complexity index is 755. The van der Waals surface area contributed by atoms with Gasteiger partial charge in [0.05, 0.1) is 24.8 Å². The number of carbonyl (C=O) groups is 1. The number of hydrogen-bond acceptors (Lipinski definition) is 4. The first-order valence-electron chi connectivity index (χ1n) is 9.54. The zero-order chi connectivity index (χ0) is 19.2. The summed E-state index contributed by atoms with van der Waals surface area (Å²) in [4.78, 5) is 15.1. The molecule has 1 heterocycles. The van der Waals surface area contributed by atoms with Gasteiger partial charge in [-0.1, -0.05) is 50.2 Å². The number of amides is 1. The highest BCUT2D eigenvalue weighted by molar-refractivity contribution is 5.97. The lowest BCUT2D eigenvalue weighted by Crippen LogP contribution is -2.43. The van der Waals surface area contributed by atoms with Crippen molar-refractivity contribution >= 4 is 5.91 Å². The first-order valence-corrected chi connectivity index (χ1v) is 9.54. The highest BCUT2D eigenvalue weighted by Crippen LogP contribution is 2.24. The quantitative estimate of drug-likeness (QED) is 0.821. The first-order chi connectivity index (χ1) is 13.1. The molecule has 0 aromatic heterocycles. The minimum atomic E-state index is -0.246. The molecular weight excluding hydrogens is 340 g/mol. The summed E-state index contributed by atoms with van der Waals surface area (Å²) in [6, 6.07) is 15.5. The molecular formula is C22H28N2O3. The molecule has 0 bridgehead atoms. The van der Waals surface area contributed by atoms with E-state index in [4.69, 9.17) is 4.74 Å². The van der Waals surface area contributed by atoms with Crippen molar-refractivity contribution in [3.8, 4) is 5.75 Å². The molecule has 5 heteroatoms. The number of nitrogens with zero attached hydrogens (tertiary/aromatic N) is 1. The molecule has 27 heavy (non-hydrogen) atoms. The second kappa shape index (κ2) is 9.02. The van der Waals surface area contributed by atoms with Crippen LogP contribution in [0.5, 0.6) is 5.75 Å². The number of rotatable bonds is 6. The lowest BCUT2D eigenvalue weighted by molar-refractivity contribution is 0.0162. The van der Waals surface area contributed by atoms with Crippen molar-refractivity contribution in [1.82, 2.24) is 10.2 Å². The Morgan fingerprint density at radius 2 is 1.81 bits per heavy atom. The molecule has 0 radical (unpaired) electrons. The van der Waals surface area contributed by atoms with Crippen LogP contribution in [0.4, 0.5) is 0 Å². The van der Waals surface area contributed by atoms with Gasteiger partial charge in [-0.3, -0.25) is 9.69 Å². The van der Waals surface area contributed by atoms with Gasteiger partial charge >= 0.3 is 0 Å². The summed E-state index contributed by atoms with van der Waals surface area (Å²) in [5.74, 6) is 0.0614. The molecule has 2 aromatic rings. The summed E-state index contributed by atoms with van der Waals surface area (Å²) in [5.41, 5.74) is 2.53. The van der Waals surface area contributed by atoms with Gasteiger partial charge in [0.25, 0.3) is 5.91 Å². The van der Waals surface area contributed by atoms with Gasteiger partial charge in [0.15, 0.2) is 0 Å². The molecule has 1 aliphatic rings. The van der Waals surface area contributed by atoms with Crippen molar-refractivity contribution in [2.45, 2.75) is 25.8 Å². The van der Waals surface area contributed by atoms with Gasteiger partial charge in [0.1, 0.15) is 5.75 Å². The monoisotopic (exact) mass is 368 g/mol. The van der Waals surface area contributed by atoms with Crippen molar-refractivity contribution in [3.63, 3.8) is 0 Å². The minimum absolute atomic E-state index is 0.0135. The number of phenolic OH excluding ortho intramolecular Hbond substituents is 1. The second-order valence-corrected chi connectivity index (χ2v) is 7.22. The minimum Gasteiger partial charge on any atom is -0.507 e. The molecule has 5 nitrogen and oxygen atoms in total. The van der Waals surface area contributed by atoms with E-state index in [0.717, 1.165) is 18.7 Å². The maximum atomic E-state index is 12.7. The van der Waals surface area contributed by atoms with E-state index >= 15 is 0 Å². The van der Waals surface area contributed by atoms with Crippen LogP contribution in [-0.4, -0.2) is 48.8 Å². The number of benzene rings is 2. The molecule has 1 saturated heterocycles. The third-order valence-corrected chi connectivity index (χ3v) is 5.06. The van der Waals surface area contributed by atoms with E-state index in [-0.39, 0.29) is 17.7 Å². The molecule has 0 aliphatic carbocycles. The van der Waals surface area contributed by atoms with Gasteiger partial charge in [0.2, 0.25) is 0 Å². The molecule has 1 aliphatic heterocycles. The van der Waals surface area contributed by atoms with Crippen molar-refractivity contribution in [3.05, 3.63) is 65.2 Å². The molecule has 144 valence electrons. The summed E-state index contributed by atoms with van der Waals surface area (Å²) in [6.45, 7) is 7.69. The van der Waals surface area contributed by atoms with E-state index in [1.165, 1.54) is 5.56 Å².